The molecule has 3 aromatic rings. The van der Waals surface area contributed by atoms with Gasteiger partial charge < -0.3 is 14.6 Å². The lowest BCUT2D eigenvalue weighted by molar-refractivity contribution is -0.139. The van der Waals surface area contributed by atoms with E-state index >= 15 is 0 Å². The average Bonchev–Trinajstić information content (AvgIpc) is 2.76. The summed E-state index contributed by atoms with van der Waals surface area (Å²) in [6, 6.07) is 19.1. The van der Waals surface area contributed by atoms with Crippen LogP contribution in [-0.2, 0) is 21.4 Å². The van der Waals surface area contributed by atoms with E-state index in [1.165, 1.54) is 0 Å². The number of benzene rings is 3. The zero-order valence-electron chi connectivity index (χ0n) is 17.2. The van der Waals surface area contributed by atoms with Crippen molar-refractivity contribution in [1.82, 2.24) is 4.72 Å². The Bertz CT molecular complexity index is 1190. The van der Waals surface area contributed by atoms with E-state index in [9.17, 15) is 13.2 Å². The monoisotopic (exact) mass is 441 g/mol. The van der Waals surface area contributed by atoms with Crippen LogP contribution in [0.15, 0.2) is 71.6 Å². The van der Waals surface area contributed by atoms with Gasteiger partial charge in [0.15, 0.2) is 6.61 Å². The second-order valence-electron chi connectivity index (χ2n) is 6.83. The van der Waals surface area contributed by atoms with Crippen LogP contribution in [0, 0.1) is 6.92 Å². The smallest absolute Gasteiger partial charge is 0.341 e. The van der Waals surface area contributed by atoms with Crippen molar-refractivity contribution in [2.75, 3.05) is 13.7 Å². The average molecular weight is 442 g/mol. The van der Waals surface area contributed by atoms with Crippen molar-refractivity contribution >= 4 is 16.0 Å². The summed E-state index contributed by atoms with van der Waals surface area (Å²) < 4.78 is 38.7. The first kappa shape index (κ1) is 22.3. The van der Waals surface area contributed by atoms with Crippen LogP contribution < -0.4 is 14.2 Å². The second kappa shape index (κ2) is 9.63. The van der Waals surface area contributed by atoms with Crippen LogP contribution in [0.25, 0.3) is 11.1 Å². The molecule has 8 heteroatoms. The van der Waals surface area contributed by atoms with Gasteiger partial charge in [0.05, 0.1) is 12.0 Å². The molecule has 0 amide bonds. The summed E-state index contributed by atoms with van der Waals surface area (Å²) in [4.78, 5) is 11.2. The molecule has 3 rings (SSSR count). The molecule has 0 fully saturated rings. The minimum absolute atomic E-state index is 0.0623. The lowest BCUT2D eigenvalue weighted by Gasteiger charge is -2.14. The van der Waals surface area contributed by atoms with Crippen LogP contribution in [0.3, 0.4) is 0 Å². The Labute approximate surface area is 181 Å². The van der Waals surface area contributed by atoms with E-state index in [4.69, 9.17) is 14.6 Å². The quantitative estimate of drug-likeness (QED) is 0.526. The zero-order valence-corrected chi connectivity index (χ0v) is 18.0. The first-order chi connectivity index (χ1) is 14.8. The van der Waals surface area contributed by atoms with Gasteiger partial charge in [-0.3, -0.25) is 0 Å². The summed E-state index contributed by atoms with van der Waals surface area (Å²) in [5.74, 6) is -0.0832. The van der Waals surface area contributed by atoms with Gasteiger partial charge in [-0.05, 0) is 53.9 Å². The van der Waals surface area contributed by atoms with Gasteiger partial charge in [-0.15, -0.1) is 0 Å². The summed E-state index contributed by atoms with van der Waals surface area (Å²) in [5, 5.41) is 8.96. The third-order valence-corrected chi connectivity index (χ3v) is 6.19. The topological polar surface area (TPSA) is 102 Å². The molecule has 2 N–H and O–H groups in total. The Morgan fingerprint density at radius 1 is 1.03 bits per heavy atom. The number of methoxy groups -OCH3 is 1. The zero-order chi connectivity index (χ0) is 22.4. The Balaban J connectivity index is 1.91. The summed E-state index contributed by atoms with van der Waals surface area (Å²) in [6.07, 6.45) is 0. The second-order valence-corrected chi connectivity index (χ2v) is 8.57. The molecule has 0 radical (unpaired) electrons. The van der Waals surface area contributed by atoms with Crippen LogP contribution in [-0.4, -0.2) is 33.2 Å². The summed E-state index contributed by atoms with van der Waals surface area (Å²) in [5.41, 5.74) is 2.73. The summed E-state index contributed by atoms with van der Waals surface area (Å²) in [7, 11) is -2.13. The first-order valence-electron chi connectivity index (χ1n) is 9.47. The van der Waals surface area contributed by atoms with Gasteiger partial charge in [-0.25, -0.2) is 17.9 Å². The highest BCUT2D eigenvalue weighted by Gasteiger charge is 2.17. The fourth-order valence-corrected chi connectivity index (χ4v) is 4.34. The van der Waals surface area contributed by atoms with Gasteiger partial charge in [0.1, 0.15) is 11.5 Å². The Morgan fingerprint density at radius 3 is 2.52 bits per heavy atom. The maximum atomic E-state index is 12.7. The van der Waals surface area contributed by atoms with Crippen molar-refractivity contribution in [3.63, 3.8) is 0 Å². The molecule has 0 aliphatic rings. The number of carboxylic acid groups (broad SMARTS) is 1. The fourth-order valence-electron chi connectivity index (χ4n) is 3.08. The van der Waals surface area contributed by atoms with E-state index < -0.39 is 22.6 Å². The lowest BCUT2D eigenvalue weighted by atomic mass is 10.0. The number of nitrogens with one attached hydrogen (secondary N) is 1. The number of carbonyl (C=O) groups is 1. The fraction of sp³-hybridized carbons (Fsp3) is 0.174. The van der Waals surface area contributed by atoms with Crippen LogP contribution in [0.2, 0.25) is 0 Å². The Kier molecular flexibility index (Phi) is 6.94. The molecule has 0 unspecified atom stereocenters. The van der Waals surface area contributed by atoms with Crippen molar-refractivity contribution in [2.24, 2.45) is 0 Å². The summed E-state index contributed by atoms with van der Waals surface area (Å²) >= 11 is 0. The highest BCUT2D eigenvalue weighted by Crippen LogP contribution is 2.33. The molecule has 31 heavy (non-hydrogen) atoms. The number of hydrogen-bond acceptors (Lipinski definition) is 5. The maximum Gasteiger partial charge on any atom is 0.341 e. The SMILES string of the molecule is COc1cccc(-c2cc(CNS(=O)(=O)c3ccccc3C)ccc2OCC(=O)O)c1. The standard InChI is InChI=1S/C23H23NO6S/c1-16-6-3-4-9-22(16)31(27,28)24-14-17-10-11-21(30-15-23(25)26)20(12-17)18-7-5-8-19(13-18)29-2/h3-13,24H,14-15H2,1-2H3,(H,25,26). The number of ether oxygens (including phenoxy) is 2. The maximum absolute atomic E-state index is 12.7. The third-order valence-electron chi connectivity index (χ3n) is 4.63. The molecule has 3 aromatic carbocycles. The van der Waals surface area contributed by atoms with Crippen LogP contribution in [0.5, 0.6) is 11.5 Å². The molecule has 0 bridgehead atoms. The summed E-state index contributed by atoms with van der Waals surface area (Å²) in [6.45, 7) is 1.31. The van der Waals surface area contributed by atoms with Crippen LogP contribution in [0.1, 0.15) is 11.1 Å². The molecule has 0 saturated carbocycles. The van der Waals surface area contributed by atoms with E-state index in [-0.39, 0.29) is 11.4 Å². The molecular weight excluding hydrogens is 418 g/mol. The van der Waals surface area contributed by atoms with Crippen molar-refractivity contribution in [3.05, 3.63) is 77.9 Å². The predicted molar refractivity (Wildman–Crippen MR) is 117 cm³/mol. The van der Waals surface area contributed by atoms with E-state index in [1.54, 1.807) is 68.6 Å². The lowest BCUT2D eigenvalue weighted by Crippen LogP contribution is -2.24. The van der Waals surface area contributed by atoms with Crippen molar-refractivity contribution in [2.45, 2.75) is 18.4 Å². The number of sulfonamides is 1. The van der Waals surface area contributed by atoms with Gasteiger partial charge in [0.25, 0.3) is 0 Å². The molecule has 0 heterocycles. The first-order valence-corrected chi connectivity index (χ1v) is 11.0. The highest BCUT2D eigenvalue weighted by molar-refractivity contribution is 7.89. The molecular formula is C23H23NO6S. The third kappa shape index (κ3) is 5.62. The van der Waals surface area contributed by atoms with Gasteiger partial charge in [-0.1, -0.05) is 36.4 Å². The van der Waals surface area contributed by atoms with E-state index in [1.807, 2.05) is 12.1 Å². The predicted octanol–water partition coefficient (Wildman–Crippen LogP) is 3.61. The molecule has 7 nitrogen and oxygen atoms in total. The molecule has 0 atom stereocenters. The normalized spacial score (nSPS) is 11.2. The molecule has 0 aliphatic carbocycles. The van der Waals surface area contributed by atoms with E-state index in [0.29, 0.717) is 28.2 Å². The number of aliphatic carboxylic acids is 1. The van der Waals surface area contributed by atoms with Gasteiger partial charge in [-0.2, -0.15) is 0 Å². The van der Waals surface area contributed by atoms with Crippen molar-refractivity contribution in [3.8, 4) is 22.6 Å². The number of carboxylic acids is 1. The van der Waals surface area contributed by atoms with Crippen molar-refractivity contribution in [1.29, 1.82) is 0 Å². The minimum atomic E-state index is -3.69. The minimum Gasteiger partial charge on any atom is -0.497 e. The Hall–Kier alpha value is -3.36. The molecule has 162 valence electrons. The highest BCUT2D eigenvalue weighted by atomic mass is 32.2. The number of hydrogen-bond donors (Lipinski definition) is 2. The number of rotatable bonds is 9. The van der Waals surface area contributed by atoms with Crippen molar-refractivity contribution < 1.29 is 27.8 Å². The van der Waals surface area contributed by atoms with E-state index in [2.05, 4.69) is 4.72 Å². The Morgan fingerprint density at radius 2 is 1.81 bits per heavy atom. The van der Waals surface area contributed by atoms with Crippen LogP contribution >= 0.6 is 0 Å². The molecule has 0 saturated heterocycles. The van der Waals surface area contributed by atoms with Gasteiger partial charge in [0.2, 0.25) is 10.0 Å². The molecule has 0 aliphatic heterocycles. The van der Waals surface area contributed by atoms with Gasteiger partial charge >= 0.3 is 5.97 Å². The van der Waals surface area contributed by atoms with Gasteiger partial charge in [0, 0.05) is 12.1 Å². The van der Waals surface area contributed by atoms with Crippen LogP contribution in [0.4, 0.5) is 0 Å². The number of aryl methyl sites for hydroxylation is 1. The van der Waals surface area contributed by atoms with E-state index in [0.717, 1.165) is 5.56 Å². The molecule has 0 spiro atoms. The molecule has 0 aromatic heterocycles. The largest absolute Gasteiger partial charge is 0.497 e.